The number of halogens is 1. The van der Waals surface area contributed by atoms with Crippen LogP contribution in [0.4, 0.5) is 5.69 Å². The summed E-state index contributed by atoms with van der Waals surface area (Å²) in [4.78, 5) is 20.9. The third-order valence-corrected chi connectivity index (χ3v) is 5.83. The average molecular weight is 488 g/mol. The molecule has 8 heteroatoms. The Labute approximate surface area is 179 Å². The third-order valence-electron chi connectivity index (χ3n) is 5.83. The zero-order valence-corrected chi connectivity index (χ0v) is 19.1. The summed E-state index contributed by atoms with van der Waals surface area (Å²) in [6, 6.07) is 0. The minimum Gasteiger partial charge on any atom is -0.356 e. The van der Waals surface area contributed by atoms with E-state index in [9.17, 15) is 4.79 Å². The van der Waals surface area contributed by atoms with Gasteiger partial charge in [-0.2, -0.15) is 5.10 Å². The minimum atomic E-state index is 0. The highest BCUT2D eigenvalue weighted by atomic mass is 127. The van der Waals surface area contributed by atoms with E-state index >= 15 is 0 Å². The maximum Gasteiger partial charge on any atom is 0.246 e. The zero-order valence-electron chi connectivity index (χ0n) is 16.7. The molecule has 0 unspecified atom stereocenters. The lowest BCUT2D eigenvalue weighted by Gasteiger charge is -2.36. The summed E-state index contributed by atoms with van der Waals surface area (Å²) in [6.45, 7) is 5.06. The average Bonchev–Trinajstić information content (AvgIpc) is 3.09. The van der Waals surface area contributed by atoms with Gasteiger partial charge in [0.2, 0.25) is 5.91 Å². The molecule has 1 saturated heterocycles. The predicted molar refractivity (Wildman–Crippen MR) is 120 cm³/mol. The predicted octanol–water partition coefficient (Wildman–Crippen LogP) is 2.48. The summed E-state index contributed by atoms with van der Waals surface area (Å²) < 4.78 is 1.72. The van der Waals surface area contributed by atoms with Gasteiger partial charge in [0, 0.05) is 39.9 Å². The monoisotopic (exact) mass is 488 g/mol. The van der Waals surface area contributed by atoms with Crippen LogP contribution in [-0.2, 0) is 11.8 Å². The van der Waals surface area contributed by atoms with Crippen LogP contribution in [-0.4, -0.2) is 59.8 Å². The first-order chi connectivity index (χ1) is 12.6. The molecule has 3 rings (SSSR count). The van der Waals surface area contributed by atoms with Gasteiger partial charge in [-0.25, -0.2) is 0 Å². The van der Waals surface area contributed by atoms with Crippen LogP contribution in [0.25, 0.3) is 0 Å². The van der Waals surface area contributed by atoms with Crippen LogP contribution in [0, 0.1) is 11.8 Å². The second-order valence-electron chi connectivity index (χ2n) is 7.56. The van der Waals surface area contributed by atoms with Gasteiger partial charge in [-0.15, -0.1) is 24.0 Å². The lowest BCUT2D eigenvalue weighted by Crippen LogP contribution is -2.55. The molecule has 0 spiro atoms. The van der Waals surface area contributed by atoms with Crippen LogP contribution in [0.1, 0.15) is 39.0 Å². The van der Waals surface area contributed by atoms with Crippen molar-refractivity contribution in [3.8, 4) is 0 Å². The number of amides is 1. The molecule has 1 aromatic heterocycles. The van der Waals surface area contributed by atoms with Crippen molar-refractivity contribution in [3.05, 3.63) is 12.4 Å². The van der Waals surface area contributed by atoms with Gasteiger partial charge in [0.15, 0.2) is 5.96 Å². The maximum absolute atomic E-state index is 12.6. The number of rotatable bonds is 4. The third kappa shape index (κ3) is 5.58. The van der Waals surface area contributed by atoms with Gasteiger partial charge in [0.05, 0.1) is 11.9 Å². The van der Waals surface area contributed by atoms with E-state index in [0.29, 0.717) is 13.1 Å². The van der Waals surface area contributed by atoms with Gasteiger partial charge in [-0.05, 0) is 24.7 Å². The highest BCUT2D eigenvalue weighted by Gasteiger charge is 2.28. The molecule has 152 valence electrons. The van der Waals surface area contributed by atoms with E-state index < -0.39 is 0 Å². The van der Waals surface area contributed by atoms with Crippen molar-refractivity contribution < 1.29 is 4.79 Å². The molecule has 0 aromatic carbocycles. The number of carbonyl (C=O) groups excluding carboxylic acids is 1. The molecule has 1 saturated carbocycles. The van der Waals surface area contributed by atoms with E-state index in [1.54, 1.807) is 17.9 Å². The van der Waals surface area contributed by atoms with E-state index in [0.717, 1.165) is 36.6 Å². The van der Waals surface area contributed by atoms with Gasteiger partial charge < -0.3 is 15.1 Å². The van der Waals surface area contributed by atoms with Crippen molar-refractivity contribution >= 4 is 41.5 Å². The van der Waals surface area contributed by atoms with Gasteiger partial charge in [-0.3, -0.25) is 14.5 Å². The van der Waals surface area contributed by atoms with Crippen LogP contribution >= 0.6 is 24.0 Å². The van der Waals surface area contributed by atoms with E-state index in [4.69, 9.17) is 0 Å². The first kappa shape index (κ1) is 22.0. The molecule has 1 aromatic rings. The fourth-order valence-electron chi connectivity index (χ4n) is 4.09. The molecule has 2 heterocycles. The Kier molecular flexibility index (Phi) is 8.37. The fourth-order valence-corrected chi connectivity index (χ4v) is 4.09. The Morgan fingerprint density at radius 1 is 1.26 bits per heavy atom. The number of nitrogens with one attached hydrogen (secondary N) is 1. The van der Waals surface area contributed by atoms with Gasteiger partial charge >= 0.3 is 0 Å². The molecule has 1 aliphatic carbocycles. The van der Waals surface area contributed by atoms with Gasteiger partial charge in [-0.1, -0.05) is 26.2 Å². The Morgan fingerprint density at radius 2 is 1.96 bits per heavy atom. The molecule has 0 atom stereocenters. The summed E-state index contributed by atoms with van der Waals surface area (Å²) in [6.07, 6.45) is 10.2. The van der Waals surface area contributed by atoms with E-state index in [-0.39, 0.29) is 29.9 Å². The standard InChI is InChI=1S/C19H32N6O.HI/c1-4-15-5-7-16(8-6-15)11-21-19(20-2)24-9-10-25(18(26)14-24)17-12-22-23(3)13-17;/h12-13,15-16H,4-11,14H2,1-3H3,(H,20,21);1H. The zero-order chi connectivity index (χ0) is 18.5. The SMILES string of the molecule is CCC1CCC(CNC(=NC)N2CCN(c3cnn(C)c3)C(=O)C2)CC1.I. The van der Waals surface area contributed by atoms with E-state index in [2.05, 4.69) is 27.2 Å². The maximum atomic E-state index is 12.6. The summed E-state index contributed by atoms with van der Waals surface area (Å²) in [5.74, 6) is 2.59. The highest BCUT2D eigenvalue weighted by molar-refractivity contribution is 14.0. The lowest BCUT2D eigenvalue weighted by molar-refractivity contribution is -0.120. The van der Waals surface area contributed by atoms with Crippen LogP contribution in [0.2, 0.25) is 0 Å². The molecular formula is C19H33IN6O. The van der Waals surface area contributed by atoms with Gasteiger partial charge in [0.1, 0.15) is 6.54 Å². The van der Waals surface area contributed by atoms with E-state index in [1.807, 2.05) is 18.1 Å². The van der Waals surface area contributed by atoms with Crippen molar-refractivity contribution in [3.63, 3.8) is 0 Å². The second kappa shape index (κ2) is 10.3. The number of nitrogens with zero attached hydrogens (tertiary/aromatic N) is 5. The first-order valence-electron chi connectivity index (χ1n) is 9.85. The number of hydrogen-bond acceptors (Lipinski definition) is 3. The van der Waals surface area contributed by atoms with Crippen LogP contribution in [0.3, 0.4) is 0 Å². The quantitative estimate of drug-likeness (QED) is 0.402. The van der Waals surface area contributed by atoms with Crippen LogP contribution in [0.5, 0.6) is 0 Å². The Balaban J connectivity index is 0.00000261. The van der Waals surface area contributed by atoms with Crippen molar-refractivity contribution in [1.82, 2.24) is 20.0 Å². The number of aromatic nitrogens is 2. The molecule has 1 aliphatic heterocycles. The number of anilines is 1. The molecule has 27 heavy (non-hydrogen) atoms. The molecular weight excluding hydrogens is 455 g/mol. The normalized spacial score (nSPS) is 24.0. The smallest absolute Gasteiger partial charge is 0.246 e. The molecule has 1 N–H and O–H groups in total. The van der Waals surface area contributed by atoms with E-state index in [1.165, 1.54) is 32.1 Å². The van der Waals surface area contributed by atoms with Gasteiger partial charge in [0.25, 0.3) is 0 Å². The number of carbonyl (C=O) groups is 1. The molecule has 2 aliphatic rings. The minimum absolute atomic E-state index is 0. The van der Waals surface area contributed by atoms with Crippen molar-refractivity contribution in [1.29, 1.82) is 0 Å². The summed E-state index contributed by atoms with van der Waals surface area (Å²) in [7, 11) is 3.66. The highest BCUT2D eigenvalue weighted by Crippen LogP contribution is 2.30. The summed E-state index contributed by atoms with van der Waals surface area (Å²) >= 11 is 0. The Morgan fingerprint density at radius 3 is 2.52 bits per heavy atom. The molecule has 1 amide bonds. The topological polar surface area (TPSA) is 65.8 Å². The molecule has 7 nitrogen and oxygen atoms in total. The summed E-state index contributed by atoms with van der Waals surface area (Å²) in [5.41, 5.74) is 0.868. The summed E-state index contributed by atoms with van der Waals surface area (Å²) in [5, 5.41) is 7.67. The number of aliphatic imine (C=N–C) groups is 1. The molecule has 2 fully saturated rings. The molecule has 0 radical (unpaired) electrons. The Bertz CT molecular complexity index is 638. The second-order valence-corrected chi connectivity index (χ2v) is 7.56. The number of piperazine rings is 1. The first-order valence-corrected chi connectivity index (χ1v) is 9.85. The largest absolute Gasteiger partial charge is 0.356 e. The van der Waals surface area contributed by atoms with Crippen LogP contribution in [0.15, 0.2) is 17.4 Å². The lowest BCUT2D eigenvalue weighted by atomic mass is 9.81. The number of hydrogen-bond donors (Lipinski definition) is 1. The van der Waals surface area contributed by atoms with Crippen molar-refractivity contribution in [2.45, 2.75) is 39.0 Å². The Hall–Kier alpha value is -1.32. The fraction of sp³-hybridized carbons (Fsp3) is 0.737. The molecule has 0 bridgehead atoms. The number of aryl methyl sites for hydroxylation is 1. The van der Waals surface area contributed by atoms with Crippen LogP contribution < -0.4 is 10.2 Å². The van der Waals surface area contributed by atoms with Crippen molar-refractivity contribution in [2.75, 3.05) is 38.1 Å². The van der Waals surface area contributed by atoms with Crippen molar-refractivity contribution in [2.24, 2.45) is 23.9 Å². The number of guanidine groups is 1.